The first-order chi connectivity index (χ1) is 9.49. The molecule has 6 nitrogen and oxygen atoms in total. The van der Waals surface area contributed by atoms with Gasteiger partial charge in [0.15, 0.2) is 0 Å². The van der Waals surface area contributed by atoms with Crippen LogP contribution in [-0.4, -0.2) is 49.6 Å². The Bertz CT molecular complexity index is 659. The molecule has 105 valence electrons. The van der Waals surface area contributed by atoms with E-state index in [-0.39, 0.29) is 33.0 Å². The number of hydrogen-bond donors (Lipinski definition) is 3. The number of nitrogens with one attached hydrogen (secondary N) is 1. The molecule has 0 amide bonds. The molecule has 0 fully saturated rings. The molecule has 2 aromatic rings. The number of nitrogens with zero attached hydrogens (tertiary/aromatic N) is 1. The van der Waals surface area contributed by atoms with Gasteiger partial charge in [0, 0.05) is 12.1 Å². The lowest BCUT2D eigenvalue weighted by molar-refractivity contribution is -0.138. The van der Waals surface area contributed by atoms with Gasteiger partial charge in [0.1, 0.15) is 23.1 Å². The Morgan fingerprint density at radius 3 is 2.95 bits per heavy atom. The van der Waals surface area contributed by atoms with Crippen molar-refractivity contribution in [2.45, 2.75) is 18.2 Å². The number of benzene rings is 1. The van der Waals surface area contributed by atoms with E-state index >= 15 is 0 Å². The van der Waals surface area contributed by atoms with Gasteiger partial charge in [-0.05, 0) is 6.07 Å². The minimum absolute atomic E-state index is 0.0277. The average molecular weight is 294 g/mol. The van der Waals surface area contributed by atoms with Gasteiger partial charge in [0.2, 0.25) is 0 Å². The summed E-state index contributed by atoms with van der Waals surface area (Å²) in [5, 5.41) is 15.9. The number of ether oxygens (including phenoxy) is 1. The molecule has 0 aliphatic carbocycles. The molecule has 0 aliphatic rings. The van der Waals surface area contributed by atoms with E-state index in [4.69, 9.17) is 15.6 Å². The predicted octanol–water partition coefficient (Wildman–Crippen LogP) is 0.0426. The highest BCUT2D eigenvalue weighted by atomic mass is 27.1. The van der Waals surface area contributed by atoms with Gasteiger partial charge >= 0.3 is 5.97 Å². The van der Waals surface area contributed by atoms with E-state index in [1.54, 1.807) is 6.07 Å². The Balaban J connectivity index is 2.59. The third-order valence-corrected chi connectivity index (χ3v) is 4.15. The smallest absolute Gasteiger partial charge is 0.320 e. The van der Waals surface area contributed by atoms with Crippen LogP contribution in [0.15, 0.2) is 6.07 Å². The van der Waals surface area contributed by atoms with Gasteiger partial charge in [-0.3, -0.25) is 9.89 Å². The molecule has 0 saturated carbocycles. The summed E-state index contributed by atoms with van der Waals surface area (Å²) in [6.07, 6.45) is 0.0277. The van der Waals surface area contributed by atoms with Gasteiger partial charge in [-0.1, -0.05) is 4.43 Å². The summed E-state index contributed by atoms with van der Waals surface area (Å²) in [6.45, 7) is 0. The third kappa shape index (κ3) is 2.50. The number of rotatable bonds is 5. The number of halogens is 1. The zero-order valence-corrected chi connectivity index (χ0v) is 12.3. The molecule has 1 aromatic heterocycles. The minimum atomic E-state index is -1.12. The molecule has 1 radical (unpaired) electrons. The summed E-state index contributed by atoms with van der Waals surface area (Å²) in [5.74, 6) is 0.885. The van der Waals surface area contributed by atoms with Crippen LogP contribution in [0.25, 0.3) is 10.9 Å². The van der Waals surface area contributed by atoms with Crippen molar-refractivity contribution in [1.29, 1.82) is 0 Å². The summed E-state index contributed by atoms with van der Waals surface area (Å²) in [6, 6.07) is 0.557. The number of carboxylic acid groups (broad SMARTS) is 1. The van der Waals surface area contributed by atoms with Gasteiger partial charge in [-0.2, -0.15) is 5.10 Å². The highest BCUT2D eigenvalue weighted by Gasteiger charge is 2.21. The lowest BCUT2D eigenvalue weighted by atomic mass is 10.1. The van der Waals surface area contributed by atoms with E-state index in [1.807, 2.05) is 5.79 Å². The molecular weight excluding hydrogens is 280 g/mol. The lowest BCUT2D eigenvalue weighted by Gasteiger charge is -2.09. The minimum Gasteiger partial charge on any atom is -0.496 e. The average Bonchev–Trinajstić information content (AvgIpc) is 2.84. The number of nitrogens with two attached hydrogens (primary N) is 1. The standard InChI is InChI=1S/C11H11FN3O3.CH3.Al/c1-18-8-3-2-5(12)10-9(8)7(14-15-10)4-6(13)11(16)17;;/h3,6H,4,13H2,1H3,(H,14,15)(H,16,17);1H3;. The second-order valence-corrected chi connectivity index (χ2v) is 5.54. The van der Waals surface area contributed by atoms with E-state index in [9.17, 15) is 9.18 Å². The van der Waals surface area contributed by atoms with Crippen molar-refractivity contribution < 1.29 is 19.0 Å². The van der Waals surface area contributed by atoms with Crippen LogP contribution >= 0.6 is 0 Å². The summed E-state index contributed by atoms with van der Waals surface area (Å²) < 4.78 is 20.1. The second-order valence-electron chi connectivity index (χ2n) is 4.35. The summed E-state index contributed by atoms with van der Waals surface area (Å²) >= 11 is -0.222. The number of fused-ring (bicyclic) bond motifs is 1. The van der Waals surface area contributed by atoms with Crippen LogP contribution in [0.1, 0.15) is 5.69 Å². The van der Waals surface area contributed by atoms with Crippen molar-refractivity contribution in [3.05, 3.63) is 17.6 Å². The first kappa shape index (κ1) is 14.8. The molecule has 4 N–H and O–H groups in total. The van der Waals surface area contributed by atoms with E-state index in [0.29, 0.717) is 21.3 Å². The van der Waals surface area contributed by atoms with E-state index in [1.165, 1.54) is 7.11 Å². The fraction of sp³-hybridized carbons (Fsp3) is 0.333. The van der Waals surface area contributed by atoms with Crippen LogP contribution in [0.5, 0.6) is 5.75 Å². The molecule has 1 atom stereocenters. The van der Waals surface area contributed by atoms with Crippen LogP contribution in [0, 0.1) is 5.82 Å². The van der Waals surface area contributed by atoms with Crippen molar-refractivity contribution in [1.82, 2.24) is 10.2 Å². The number of carbonyl (C=O) groups is 1. The maximum absolute atomic E-state index is 14.2. The largest absolute Gasteiger partial charge is 0.496 e. The molecule has 0 aliphatic heterocycles. The Kier molecular flexibility index (Phi) is 4.28. The van der Waals surface area contributed by atoms with Crippen molar-refractivity contribution in [3.63, 3.8) is 0 Å². The van der Waals surface area contributed by atoms with Gasteiger partial charge in [0.05, 0.1) is 12.5 Å². The number of carboxylic acids is 1. The number of aromatic nitrogens is 2. The van der Waals surface area contributed by atoms with Crippen molar-refractivity contribution in [2.75, 3.05) is 7.11 Å². The van der Waals surface area contributed by atoms with Crippen LogP contribution in [0.2, 0.25) is 5.79 Å². The first-order valence-corrected chi connectivity index (χ1v) is 7.74. The molecule has 0 spiro atoms. The molecule has 1 unspecified atom stereocenters. The van der Waals surface area contributed by atoms with E-state index < -0.39 is 12.0 Å². The van der Waals surface area contributed by atoms with E-state index in [2.05, 4.69) is 10.2 Å². The van der Waals surface area contributed by atoms with Crippen molar-refractivity contribution >= 4 is 36.5 Å². The zero-order chi connectivity index (χ0) is 14.9. The van der Waals surface area contributed by atoms with E-state index in [0.717, 1.165) is 0 Å². The summed E-state index contributed by atoms with van der Waals surface area (Å²) in [5.41, 5.74) is 6.14. The number of methoxy groups -OCH3 is 1. The van der Waals surface area contributed by atoms with Gasteiger partial charge in [-0.15, -0.1) is 5.79 Å². The van der Waals surface area contributed by atoms with Gasteiger partial charge < -0.3 is 15.6 Å². The molecule has 2 rings (SSSR count). The highest BCUT2D eigenvalue weighted by Crippen LogP contribution is 2.28. The normalized spacial score (nSPS) is 12.4. The Morgan fingerprint density at radius 1 is 1.70 bits per heavy atom. The molecule has 8 heteroatoms. The molecule has 20 heavy (non-hydrogen) atoms. The van der Waals surface area contributed by atoms with Gasteiger partial charge in [0.25, 0.3) is 15.2 Å². The van der Waals surface area contributed by atoms with Crippen molar-refractivity contribution in [3.8, 4) is 5.75 Å². The van der Waals surface area contributed by atoms with Crippen LogP contribution in [0.4, 0.5) is 4.39 Å². The monoisotopic (exact) mass is 294 g/mol. The molecule has 1 aromatic carbocycles. The molecule has 0 saturated heterocycles. The number of aliphatic carboxylic acids is 1. The third-order valence-electron chi connectivity index (χ3n) is 3.11. The quantitative estimate of drug-likeness (QED) is 0.676. The maximum atomic E-state index is 14.2. The summed E-state index contributed by atoms with van der Waals surface area (Å²) in [4.78, 5) is 10.8. The Hall–Kier alpha value is -1.62. The Morgan fingerprint density at radius 2 is 2.40 bits per heavy atom. The van der Waals surface area contributed by atoms with Crippen molar-refractivity contribution in [2.24, 2.45) is 5.73 Å². The van der Waals surface area contributed by atoms with Crippen LogP contribution in [-0.2, 0) is 11.2 Å². The zero-order valence-electron chi connectivity index (χ0n) is 11.1. The second kappa shape index (κ2) is 5.79. The number of H-pyrrole nitrogens is 1. The lowest BCUT2D eigenvalue weighted by Crippen LogP contribution is -2.32. The molecule has 1 heterocycles. The molecular formula is C12H14AlFN3O3. The first-order valence-electron chi connectivity index (χ1n) is 6.00. The Labute approximate surface area is 120 Å². The predicted molar refractivity (Wildman–Crippen MR) is 73.2 cm³/mol. The summed E-state index contributed by atoms with van der Waals surface area (Å²) in [7, 11) is 1.48. The topological polar surface area (TPSA) is 101 Å². The van der Waals surface area contributed by atoms with Crippen LogP contribution < -0.4 is 14.9 Å². The number of aromatic amines is 1. The molecule has 0 bridgehead atoms. The van der Waals surface area contributed by atoms with Gasteiger partial charge in [-0.25, -0.2) is 4.39 Å². The SMILES string of the molecule is COc1c[c]([Al][CH3])c(F)c2n[nH]c(CC(N)C(=O)O)c12. The fourth-order valence-corrected chi connectivity index (χ4v) is 2.75. The highest BCUT2D eigenvalue weighted by molar-refractivity contribution is 6.52. The maximum Gasteiger partial charge on any atom is 0.320 e. The van der Waals surface area contributed by atoms with Crippen LogP contribution in [0.3, 0.4) is 0 Å². The number of hydrogen-bond acceptors (Lipinski definition) is 4. The fourth-order valence-electron chi connectivity index (χ4n) is 2.04.